The van der Waals surface area contributed by atoms with Crippen molar-refractivity contribution in [3.63, 3.8) is 0 Å². The summed E-state index contributed by atoms with van der Waals surface area (Å²) in [6.07, 6.45) is 6.71. The Labute approximate surface area is 126 Å². The standard InChI is InChI=1S/C14H17F2IO2/c1-3-5-6-10(4-2)12(13(18)19-17)11-7-8-14(15,16)9-11/h3-6,11-12H,2,7-9H2,1H3/b5-3-,10-6+. The molecule has 0 aliphatic heterocycles. The maximum absolute atomic E-state index is 13.3. The molecule has 0 N–H and O–H groups in total. The minimum Gasteiger partial charge on any atom is -0.394 e. The molecular formula is C14H17F2IO2. The van der Waals surface area contributed by atoms with Crippen LogP contribution >= 0.6 is 23.0 Å². The van der Waals surface area contributed by atoms with E-state index in [-0.39, 0.29) is 12.8 Å². The van der Waals surface area contributed by atoms with Gasteiger partial charge in [0.25, 0.3) is 0 Å². The second kappa shape index (κ2) is 7.17. The predicted octanol–water partition coefficient (Wildman–Crippen LogP) is 4.62. The Hall–Kier alpha value is -0.720. The lowest BCUT2D eigenvalue weighted by atomic mass is 9.84. The van der Waals surface area contributed by atoms with Crippen molar-refractivity contribution in [3.8, 4) is 0 Å². The molecule has 0 radical (unpaired) electrons. The largest absolute Gasteiger partial charge is 0.394 e. The average molecular weight is 382 g/mol. The van der Waals surface area contributed by atoms with Crippen LogP contribution in [0.15, 0.2) is 36.5 Å². The van der Waals surface area contributed by atoms with Crippen LogP contribution in [-0.4, -0.2) is 11.9 Å². The molecule has 2 unspecified atom stereocenters. The molecule has 0 aromatic heterocycles. The molecule has 1 rings (SSSR count). The van der Waals surface area contributed by atoms with Gasteiger partial charge in [-0.05, 0) is 24.8 Å². The van der Waals surface area contributed by atoms with Gasteiger partial charge in [0.1, 0.15) is 0 Å². The highest BCUT2D eigenvalue weighted by molar-refractivity contribution is 14.1. The molecule has 0 amide bonds. The average Bonchev–Trinajstić information content (AvgIpc) is 2.73. The van der Waals surface area contributed by atoms with E-state index in [4.69, 9.17) is 3.07 Å². The minimum atomic E-state index is -2.68. The zero-order chi connectivity index (χ0) is 14.5. The number of carbonyl (C=O) groups excluding carboxylic acids is 1. The van der Waals surface area contributed by atoms with Crippen LogP contribution in [0, 0.1) is 11.8 Å². The Morgan fingerprint density at radius 1 is 1.58 bits per heavy atom. The van der Waals surface area contributed by atoms with E-state index in [2.05, 4.69) is 6.58 Å². The summed E-state index contributed by atoms with van der Waals surface area (Å²) in [7, 11) is 0. The second-order valence-corrected chi connectivity index (χ2v) is 5.07. The van der Waals surface area contributed by atoms with Gasteiger partial charge in [-0.25, -0.2) is 8.78 Å². The first-order valence-corrected chi connectivity index (χ1v) is 6.99. The van der Waals surface area contributed by atoms with Gasteiger partial charge in [-0.2, -0.15) is 0 Å². The van der Waals surface area contributed by atoms with Gasteiger partial charge < -0.3 is 3.07 Å². The van der Waals surface area contributed by atoms with Gasteiger partial charge >= 0.3 is 5.97 Å². The van der Waals surface area contributed by atoms with Crippen molar-refractivity contribution in [2.45, 2.75) is 32.1 Å². The molecule has 0 aromatic rings. The third-order valence-corrected chi connectivity index (χ3v) is 3.75. The van der Waals surface area contributed by atoms with Crippen LogP contribution in [0.5, 0.6) is 0 Å². The lowest BCUT2D eigenvalue weighted by molar-refractivity contribution is -0.136. The van der Waals surface area contributed by atoms with E-state index in [9.17, 15) is 13.6 Å². The van der Waals surface area contributed by atoms with Crippen molar-refractivity contribution in [3.05, 3.63) is 36.5 Å². The number of alkyl halides is 2. The molecule has 106 valence electrons. The summed E-state index contributed by atoms with van der Waals surface area (Å²) in [6.45, 7) is 5.50. The van der Waals surface area contributed by atoms with Gasteiger partial charge in [0.05, 0.1) is 5.92 Å². The summed E-state index contributed by atoms with van der Waals surface area (Å²) >= 11 is 1.49. The number of halogens is 3. The Morgan fingerprint density at radius 3 is 2.68 bits per heavy atom. The molecule has 0 heterocycles. The highest BCUT2D eigenvalue weighted by atomic mass is 127. The zero-order valence-corrected chi connectivity index (χ0v) is 12.9. The third-order valence-electron chi connectivity index (χ3n) is 3.32. The van der Waals surface area contributed by atoms with Crippen LogP contribution in [0.25, 0.3) is 0 Å². The summed E-state index contributed by atoms with van der Waals surface area (Å²) in [5, 5.41) is 0. The normalized spacial score (nSPS) is 24.4. The highest BCUT2D eigenvalue weighted by Crippen LogP contribution is 2.44. The number of carbonyl (C=O) groups is 1. The van der Waals surface area contributed by atoms with E-state index in [1.807, 2.05) is 6.92 Å². The molecule has 0 spiro atoms. The zero-order valence-electron chi connectivity index (χ0n) is 10.7. The van der Waals surface area contributed by atoms with Crippen molar-refractivity contribution in [2.75, 3.05) is 0 Å². The molecule has 5 heteroatoms. The smallest absolute Gasteiger partial charge is 0.323 e. The van der Waals surface area contributed by atoms with E-state index in [1.54, 1.807) is 18.2 Å². The second-order valence-electron chi connectivity index (χ2n) is 4.63. The first-order chi connectivity index (χ1) is 8.95. The lowest BCUT2D eigenvalue weighted by Crippen LogP contribution is -2.25. The van der Waals surface area contributed by atoms with E-state index >= 15 is 0 Å². The lowest BCUT2D eigenvalue weighted by Gasteiger charge is -2.21. The number of hydrogen-bond acceptors (Lipinski definition) is 2. The molecule has 1 saturated carbocycles. The molecular weight excluding hydrogens is 365 g/mol. The molecule has 0 aromatic carbocycles. The first kappa shape index (κ1) is 16.3. The van der Waals surface area contributed by atoms with Crippen molar-refractivity contribution in [2.24, 2.45) is 11.8 Å². The predicted molar refractivity (Wildman–Crippen MR) is 79.0 cm³/mol. The summed E-state index contributed by atoms with van der Waals surface area (Å²) in [4.78, 5) is 11.9. The molecule has 1 aliphatic rings. The molecule has 2 nitrogen and oxygen atoms in total. The Bertz CT molecular complexity index is 402. The maximum atomic E-state index is 13.3. The van der Waals surface area contributed by atoms with Crippen molar-refractivity contribution in [1.29, 1.82) is 0 Å². The Kier molecular flexibility index (Phi) is 6.16. The SMILES string of the molecule is C=C/C(=C\C=C/C)C(C(=O)OI)C1CCC(F)(F)C1. The van der Waals surface area contributed by atoms with Gasteiger partial charge in [-0.1, -0.05) is 30.9 Å². The first-order valence-electron chi connectivity index (χ1n) is 6.10. The summed E-state index contributed by atoms with van der Waals surface area (Å²) in [5.41, 5.74) is 0.627. The van der Waals surface area contributed by atoms with E-state index in [0.29, 0.717) is 12.0 Å². The van der Waals surface area contributed by atoms with Gasteiger partial charge in [0, 0.05) is 12.8 Å². The van der Waals surface area contributed by atoms with Gasteiger partial charge in [0.2, 0.25) is 5.92 Å². The summed E-state index contributed by atoms with van der Waals surface area (Å²) < 4.78 is 31.4. The maximum Gasteiger partial charge on any atom is 0.323 e. The monoisotopic (exact) mass is 382 g/mol. The molecule has 0 bridgehead atoms. The van der Waals surface area contributed by atoms with Crippen LogP contribution in [0.4, 0.5) is 8.78 Å². The number of allylic oxidation sites excluding steroid dienone is 4. The fourth-order valence-corrected chi connectivity index (χ4v) is 2.70. The summed E-state index contributed by atoms with van der Waals surface area (Å²) in [5.74, 6) is -4.23. The van der Waals surface area contributed by atoms with Crippen molar-refractivity contribution in [1.82, 2.24) is 0 Å². The van der Waals surface area contributed by atoms with Crippen LogP contribution in [0.2, 0.25) is 0 Å². The highest BCUT2D eigenvalue weighted by Gasteiger charge is 2.45. The minimum absolute atomic E-state index is 0.170. The van der Waals surface area contributed by atoms with Crippen LogP contribution in [-0.2, 0) is 7.86 Å². The van der Waals surface area contributed by atoms with Gasteiger partial charge in [-0.15, -0.1) is 0 Å². The van der Waals surface area contributed by atoms with Gasteiger partial charge in [-0.3, -0.25) is 4.79 Å². The van der Waals surface area contributed by atoms with E-state index < -0.39 is 23.7 Å². The fourth-order valence-electron chi connectivity index (χ4n) is 2.42. The Balaban J connectivity index is 3.01. The topological polar surface area (TPSA) is 26.3 Å². The van der Waals surface area contributed by atoms with Gasteiger partial charge in [0.15, 0.2) is 23.0 Å². The quantitative estimate of drug-likeness (QED) is 0.513. The Morgan fingerprint density at radius 2 is 2.26 bits per heavy atom. The van der Waals surface area contributed by atoms with Crippen LogP contribution in [0.3, 0.4) is 0 Å². The summed E-state index contributed by atoms with van der Waals surface area (Å²) in [6, 6.07) is 0. The van der Waals surface area contributed by atoms with E-state index in [1.165, 1.54) is 29.1 Å². The number of hydrogen-bond donors (Lipinski definition) is 0. The van der Waals surface area contributed by atoms with Crippen molar-refractivity contribution < 1.29 is 16.6 Å². The molecule has 0 saturated heterocycles. The fraction of sp³-hybridized carbons (Fsp3) is 0.500. The van der Waals surface area contributed by atoms with E-state index in [0.717, 1.165) is 0 Å². The number of rotatable bonds is 5. The van der Waals surface area contributed by atoms with Crippen molar-refractivity contribution >= 4 is 29.0 Å². The molecule has 2 atom stereocenters. The molecule has 1 aliphatic carbocycles. The van der Waals surface area contributed by atoms with Crippen LogP contribution < -0.4 is 0 Å². The molecule has 1 fully saturated rings. The van der Waals surface area contributed by atoms with Crippen LogP contribution in [0.1, 0.15) is 26.2 Å². The molecule has 19 heavy (non-hydrogen) atoms. The third kappa shape index (κ3) is 4.40.